The summed E-state index contributed by atoms with van der Waals surface area (Å²) in [5.74, 6) is 0.586. The molecule has 2 rings (SSSR count). The normalized spacial score (nSPS) is 17.0. The van der Waals surface area contributed by atoms with Crippen molar-refractivity contribution in [1.29, 1.82) is 0 Å². The molecule has 4 nitrogen and oxygen atoms in total. The fraction of sp³-hybridized carbons (Fsp3) is 0.611. The molecule has 0 radical (unpaired) electrons. The Balaban J connectivity index is 1.86. The number of nitrogens with zero attached hydrogens (tertiary/aromatic N) is 2. The predicted molar refractivity (Wildman–Crippen MR) is 93.8 cm³/mol. The summed E-state index contributed by atoms with van der Waals surface area (Å²) in [7, 11) is 2.14. The largest absolute Gasteiger partial charge is 0.370 e. The number of aliphatic imine (C=N–C) groups is 1. The molecule has 22 heavy (non-hydrogen) atoms. The van der Waals surface area contributed by atoms with Crippen LogP contribution < -0.4 is 11.1 Å². The van der Waals surface area contributed by atoms with Gasteiger partial charge in [-0.2, -0.15) is 0 Å². The van der Waals surface area contributed by atoms with Crippen LogP contribution in [0.5, 0.6) is 0 Å². The summed E-state index contributed by atoms with van der Waals surface area (Å²) in [5, 5.41) is 3.36. The van der Waals surface area contributed by atoms with Gasteiger partial charge < -0.3 is 16.0 Å². The van der Waals surface area contributed by atoms with Gasteiger partial charge in [0.2, 0.25) is 0 Å². The van der Waals surface area contributed by atoms with Crippen molar-refractivity contribution in [3.63, 3.8) is 0 Å². The van der Waals surface area contributed by atoms with E-state index in [1.807, 2.05) is 0 Å². The van der Waals surface area contributed by atoms with Gasteiger partial charge in [0.1, 0.15) is 0 Å². The van der Waals surface area contributed by atoms with E-state index >= 15 is 0 Å². The molecule has 4 heteroatoms. The van der Waals surface area contributed by atoms with Gasteiger partial charge >= 0.3 is 0 Å². The van der Waals surface area contributed by atoms with E-state index in [1.165, 1.54) is 43.2 Å². The summed E-state index contributed by atoms with van der Waals surface area (Å²) in [4.78, 5) is 6.79. The van der Waals surface area contributed by atoms with Gasteiger partial charge in [0, 0.05) is 12.6 Å². The van der Waals surface area contributed by atoms with E-state index in [0.29, 0.717) is 18.5 Å². The summed E-state index contributed by atoms with van der Waals surface area (Å²) in [5.41, 5.74) is 8.57. The summed E-state index contributed by atoms with van der Waals surface area (Å²) in [6, 6.07) is 9.13. The van der Waals surface area contributed by atoms with Gasteiger partial charge in [-0.3, -0.25) is 0 Å². The molecule has 0 aromatic heterocycles. The molecule has 0 bridgehead atoms. The lowest BCUT2D eigenvalue weighted by atomic mass is 9.96. The van der Waals surface area contributed by atoms with E-state index in [4.69, 9.17) is 5.73 Å². The van der Waals surface area contributed by atoms with E-state index in [9.17, 15) is 0 Å². The Labute approximate surface area is 134 Å². The van der Waals surface area contributed by atoms with Crippen LogP contribution in [0.25, 0.3) is 0 Å². The number of rotatable bonds is 6. The number of nitrogens with two attached hydrogens (primary N) is 1. The zero-order valence-corrected chi connectivity index (χ0v) is 14.0. The minimum absolute atomic E-state index is 0.516. The summed E-state index contributed by atoms with van der Waals surface area (Å²) in [6.07, 6.45) is 6.40. The van der Waals surface area contributed by atoms with Crippen molar-refractivity contribution in [3.05, 3.63) is 35.4 Å². The first-order valence-electron chi connectivity index (χ1n) is 8.50. The highest BCUT2D eigenvalue weighted by Gasteiger charge is 2.13. The van der Waals surface area contributed by atoms with Gasteiger partial charge in [0.25, 0.3) is 0 Å². The lowest BCUT2D eigenvalue weighted by Crippen LogP contribution is -2.41. The molecule has 3 N–H and O–H groups in total. The Hall–Kier alpha value is -1.55. The Bertz CT molecular complexity index is 478. The maximum atomic E-state index is 6.02. The van der Waals surface area contributed by atoms with Crippen molar-refractivity contribution in [1.82, 2.24) is 10.2 Å². The third-order valence-electron chi connectivity index (χ3n) is 4.37. The van der Waals surface area contributed by atoms with Crippen LogP contribution in [0, 0.1) is 0 Å². The van der Waals surface area contributed by atoms with E-state index < -0.39 is 0 Å². The third-order valence-corrected chi connectivity index (χ3v) is 4.37. The molecule has 0 spiro atoms. The van der Waals surface area contributed by atoms with E-state index in [-0.39, 0.29) is 0 Å². The number of nitrogens with one attached hydrogen (secondary N) is 1. The maximum absolute atomic E-state index is 6.02. The Morgan fingerprint density at radius 2 is 2.00 bits per heavy atom. The Morgan fingerprint density at radius 1 is 1.27 bits per heavy atom. The highest BCUT2D eigenvalue weighted by Crippen LogP contribution is 2.17. The average molecular weight is 302 g/mol. The van der Waals surface area contributed by atoms with E-state index in [1.54, 1.807) is 0 Å². The van der Waals surface area contributed by atoms with Crippen LogP contribution in [-0.4, -0.2) is 30.5 Å². The SMILES string of the molecule is CCN(C)Cc1cccc(CN=C(N)NC2CCCCC2)c1. The number of hydrogen-bond acceptors (Lipinski definition) is 2. The van der Waals surface area contributed by atoms with Crippen LogP contribution in [0.15, 0.2) is 29.3 Å². The molecule has 122 valence electrons. The highest BCUT2D eigenvalue weighted by molar-refractivity contribution is 5.78. The first-order valence-corrected chi connectivity index (χ1v) is 8.50. The smallest absolute Gasteiger partial charge is 0.189 e. The number of benzene rings is 1. The second-order valence-corrected chi connectivity index (χ2v) is 6.33. The summed E-state index contributed by atoms with van der Waals surface area (Å²) in [6.45, 7) is 4.85. The molecule has 0 atom stereocenters. The first kappa shape index (κ1) is 16.8. The third kappa shape index (κ3) is 5.68. The van der Waals surface area contributed by atoms with Crippen LogP contribution in [0.3, 0.4) is 0 Å². The monoisotopic (exact) mass is 302 g/mol. The van der Waals surface area contributed by atoms with Gasteiger partial charge in [-0.25, -0.2) is 4.99 Å². The molecule has 0 heterocycles. The molecule has 0 amide bonds. The molecule has 1 saturated carbocycles. The van der Waals surface area contributed by atoms with Gasteiger partial charge in [0.05, 0.1) is 6.54 Å². The topological polar surface area (TPSA) is 53.6 Å². The van der Waals surface area contributed by atoms with Crippen molar-refractivity contribution < 1.29 is 0 Å². The summed E-state index contributed by atoms with van der Waals surface area (Å²) >= 11 is 0. The van der Waals surface area contributed by atoms with Crippen molar-refractivity contribution in [2.24, 2.45) is 10.7 Å². The average Bonchev–Trinajstić information content (AvgIpc) is 2.54. The second kappa shape index (κ2) is 8.79. The predicted octanol–water partition coefficient (Wildman–Crippen LogP) is 2.88. The van der Waals surface area contributed by atoms with Crippen LogP contribution >= 0.6 is 0 Å². The lowest BCUT2D eigenvalue weighted by molar-refractivity contribution is 0.345. The van der Waals surface area contributed by atoms with Crippen LogP contribution in [0.4, 0.5) is 0 Å². The standard InChI is InChI=1S/C18H30N4/c1-3-22(2)14-16-9-7-8-15(12-16)13-20-18(19)21-17-10-5-4-6-11-17/h7-9,12,17H,3-6,10-11,13-14H2,1-2H3,(H3,19,20,21). The molecule has 0 aliphatic heterocycles. The van der Waals surface area contributed by atoms with Crippen LogP contribution in [0.1, 0.15) is 50.2 Å². The molecule has 1 aromatic rings. The zero-order chi connectivity index (χ0) is 15.8. The minimum atomic E-state index is 0.516. The Kier molecular flexibility index (Phi) is 6.72. The quantitative estimate of drug-likeness (QED) is 0.627. The number of guanidine groups is 1. The molecular weight excluding hydrogens is 272 g/mol. The molecule has 1 aromatic carbocycles. The second-order valence-electron chi connectivity index (χ2n) is 6.33. The van der Waals surface area contributed by atoms with Gasteiger partial charge in [-0.1, -0.05) is 50.5 Å². The molecule has 0 unspecified atom stereocenters. The molecule has 1 fully saturated rings. The lowest BCUT2D eigenvalue weighted by Gasteiger charge is -2.23. The van der Waals surface area contributed by atoms with Crippen molar-refractivity contribution >= 4 is 5.96 Å². The minimum Gasteiger partial charge on any atom is -0.370 e. The van der Waals surface area contributed by atoms with Crippen molar-refractivity contribution in [2.45, 2.75) is 58.2 Å². The van der Waals surface area contributed by atoms with Gasteiger partial charge in [-0.15, -0.1) is 0 Å². The summed E-state index contributed by atoms with van der Waals surface area (Å²) < 4.78 is 0. The Morgan fingerprint density at radius 3 is 2.73 bits per heavy atom. The first-order chi connectivity index (χ1) is 10.7. The molecule has 1 aliphatic rings. The molecule has 1 aliphatic carbocycles. The van der Waals surface area contributed by atoms with E-state index in [2.05, 4.69) is 53.4 Å². The fourth-order valence-corrected chi connectivity index (χ4v) is 2.93. The highest BCUT2D eigenvalue weighted by atomic mass is 15.1. The van der Waals surface area contributed by atoms with Crippen LogP contribution in [-0.2, 0) is 13.1 Å². The van der Waals surface area contributed by atoms with Crippen molar-refractivity contribution in [2.75, 3.05) is 13.6 Å². The maximum Gasteiger partial charge on any atom is 0.189 e. The van der Waals surface area contributed by atoms with Crippen LogP contribution in [0.2, 0.25) is 0 Å². The number of hydrogen-bond donors (Lipinski definition) is 2. The van der Waals surface area contributed by atoms with Gasteiger partial charge in [0.15, 0.2) is 5.96 Å². The van der Waals surface area contributed by atoms with E-state index in [0.717, 1.165) is 13.1 Å². The van der Waals surface area contributed by atoms with Crippen molar-refractivity contribution in [3.8, 4) is 0 Å². The molecule has 0 saturated heterocycles. The fourth-order valence-electron chi connectivity index (χ4n) is 2.93. The van der Waals surface area contributed by atoms with Gasteiger partial charge in [-0.05, 0) is 37.6 Å². The zero-order valence-electron chi connectivity index (χ0n) is 14.0. The molecular formula is C18H30N4.